The van der Waals surface area contributed by atoms with Crippen LogP contribution in [0, 0.1) is 11.3 Å². The van der Waals surface area contributed by atoms with Crippen molar-refractivity contribution in [3.8, 4) is 5.75 Å². The number of allylic oxidation sites excluding steroid dienone is 1. The van der Waals surface area contributed by atoms with E-state index in [2.05, 4.69) is 20.2 Å². The molecular formula is C21H27N5O2. The second kappa shape index (κ2) is 7.66. The van der Waals surface area contributed by atoms with Gasteiger partial charge in [-0.05, 0) is 51.1 Å². The Morgan fingerprint density at radius 3 is 3.00 bits per heavy atom. The summed E-state index contributed by atoms with van der Waals surface area (Å²) in [6.45, 7) is 5.48. The van der Waals surface area contributed by atoms with Crippen molar-refractivity contribution in [3.05, 3.63) is 36.3 Å². The number of aromatic nitrogens is 2. The average molecular weight is 381 g/mol. The van der Waals surface area contributed by atoms with Crippen molar-refractivity contribution < 1.29 is 9.53 Å². The van der Waals surface area contributed by atoms with Gasteiger partial charge in [0.25, 0.3) is 0 Å². The summed E-state index contributed by atoms with van der Waals surface area (Å²) >= 11 is 0. The molecule has 1 aliphatic carbocycles. The number of hydrogen-bond donors (Lipinski definition) is 3. The largest absolute Gasteiger partial charge is 0.488 e. The lowest BCUT2D eigenvalue weighted by Gasteiger charge is -2.21. The lowest BCUT2D eigenvalue weighted by Crippen LogP contribution is -2.26. The molecule has 1 aromatic carbocycles. The lowest BCUT2D eigenvalue weighted by atomic mass is 10.0. The molecule has 2 aromatic rings. The Balaban J connectivity index is 1.67. The number of hydrogen-bond acceptors (Lipinski definition) is 5. The molecule has 0 unspecified atom stereocenters. The van der Waals surface area contributed by atoms with Crippen molar-refractivity contribution in [1.82, 2.24) is 20.2 Å². The molecule has 1 aromatic heterocycles. The molecule has 7 nitrogen and oxygen atoms in total. The van der Waals surface area contributed by atoms with Gasteiger partial charge in [0.05, 0.1) is 17.6 Å². The lowest BCUT2D eigenvalue weighted by molar-refractivity contribution is -0.119. The van der Waals surface area contributed by atoms with Gasteiger partial charge in [0, 0.05) is 37.0 Å². The van der Waals surface area contributed by atoms with E-state index < -0.39 is 0 Å². The summed E-state index contributed by atoms with van der Waals surface area (Å²) in [5.41, 5.74) is 3.00. The van der Waals surface area contributed by atoms with Crippen LogP contribution in [-0.2, 0) is 4.79 Å². The predicted molar refractivity (Wildman–Crippen MR) is 109 cm³/mol. The smallest absolute Gasteiger partial charge is 0.220 e. The molecule has 0 spiro atoms. The topological polar surface area (TPSA) is 92.0 Å². The monoisotopic (exact) mass is 381 g/mol. The third kappa shape index (κ3) is 3.74. The van der Waals surface area contributed by atoms with E-state index in [4.69, 9.17) is 10.1 Å². The zero-order valence-electron chi connectivity index (χ0n) is 16.4. The quantitative estimate of drug-likeness (QED) is 0.613. The predicted octanol–water partition coefficient (Wildman–Crippen LogP) is 2.77. The molecule has 4 rings (SSSR count). The molecule has 28 heavy (non-hydrogen) atoms. The molecule has 7 heteroatoms. The van der Waals surface area contributed by atoms with Crippen LogP contribution in [-0.4, -0.2) is 40.4 Å². The van der Waals surface area contributed by atoms with Gasteiger partial charge < -0.3 is 25.3 Å². The number of nitrogens with one attached hydrogen (secondary N) is 3. The van der Waals surface area contributed by atoms with E-state index in [9.17, 15) is 4.79 Å². The van der Waals surface area contributed by atoms with Gasteiger partial charge in [0.1, 0.15) is 17.4 Å². The normalized spacial score (nSPS) is 20.5. The fourth-order valence-electron chi connectivity index (χ4n) is 3.62. The molecule has 0 radical (unpaired) electrons. The molecule has 2 atom stereocenters. The summed E-state index contributed by atoms with van der Waals surface area (Å²) in [5.74, 6) is 0.972. The first-order valence-electron chi connectivity index (χ1n) is 9.99. The number of carbonyl (C=O) groups excluding carboxylic acids is 1. The van der Waals surface area contributed by atoms with E-state index in [1.54, 1.807) is 12.3 Å². The first-order valence-corrected chi connectivity index (χ1v) is 9.99. The Labute approximate surface area is 164 Å². The summed E-state index contributed by atoms with van der Waals surface area (Å²) in [5, 5.41) is 14.4. The maximum Gasteiger partial charge on any atom is 0.220 e. The van der Waals surface area contributed by atoms with Gasteiger partial charge >= 0.3 is 0 Å². The molecule has 1 saturated heterocycles. The minimum atomic E-state index is -0.105. The number of benzene rings is 1. The molecule has 1 aliphatic heterocycles. The van der Waals surface area contributed by atoms with E-state index >= 15 is 0 Å². The number of ether oxygens (including phenoxy) is 1. The molecule has 2 fully saturated rings. The van der Waals surface area contributed by atoms with Crippen LogP contribution in [0.15, 0.2) is 30.7 Å². The van der Waals surface area contributed by atoms with Crippen LogP contribution in [0.4, 0.5) is 0 Å². The van der Waals surface area contributed by atoms with E-state index in [-0.39, 0.29) is 17.9 Å². The number of fused-ring (bicyclic) bond motifs is 1. The van der Waals surface area contributed by atoms with Gasteiger partial charge in [0.15, 0.2) is 0 Å². The maximum atomic E-state index is 11.6. The van der Waals surface area contributed by atoms with Crippen molar-refractivity contribution in [2.75, 3.05) is 13.1 Å². The van der Waals surface area contributed by atoms with E-state index in [1.807, 2.05) is 32.3 Å². The van der Waals surface area contributed by atoms with Crippen LogP contribution < -0.4 is 15.4 Å². The number of amides is 1. The van der Waals surface area contributed by atoms with Gasteiger partial charge in [-0.25, -0.2) is 4.98 Å². The van der Waals surface area contributed by atoms with Gasteiger partial charge in [-0.1, -0.05) is 0 Å². The van der Waals surface area contributed by atoms with E-state index in [0.717, 1.165) is 41.7 Å². The highest BCUT2D eigenvalue weighted by atomic mass is 16.5. The first kappa shape index (κ1) is 18.5. The van der Waals surface area contributed by atoms with Crippen LogP contribution in [0.1, 0.15) is 44.7 Å². The third-order valence-corrected chi connectivity index (χ3v) is 5.44. The molecule has 2 aliphatic rings. The van der Waals surface area contributed by atoms with Crippen LogP contribution in [0.5, 0.6) is 5.75 Å². The zero-order chi connectivity index (χ0) is 19.7. The number of imidazole rings is 1. The minimum absolute atomic E-state index is 0.0812. The molecule has 1 saturated carbocycles. The van der Waals surface area contributed by atoms with Crippen LogP contribution >= 0.6 is 0 Å². The molecule has 1 amide bonds. The summed E-state index contributed by atoms with van der Waals surface area (Å²) in [6, 6.07) is 4.36. The van der Waals surface area contributed by atoms with Crippen LogP contribution in [0.3, 0.4) is 0 Å². The second-order valence-electron chi connectivity index (χ2n) is 7.62. The van der Waals surface area contributed by atoms with Gasteiger partial charge in [-0.15, -0.1) is 0 Å². The highest BCUT2D eigenvalue weighted by molar-refractivity contribution is 6.08. The molecule has 2 heterocycles. The van der Waals surface area contributed by atoms with Crippen molar-refractivity contribution in [1.29, 1.82) is 5.41 Å². The second-order valence-corrected chi connectivity index (χ2v) is 7.62. The minimum Gasteiger partial charge on any atom is -0.488 e. The zero-order valence-corrected chi connectivity index (χ0v) is 16.4. The fourth-order valence-corrected chi connectivity index (χ4v) is 3.62. The highest BCUT2D eigenvalue weighted by Gasteiger charge is 2.30. The first-order chi connectivity index (χ1) is 13.6. The Bertz CT molecular complexity index is 928. The van der Waals surface area contributed by atoms with Gasteiger partial charge in [-0.2, -0.15) is 0 Å². The Hall–Kier alpha value is -2.83. The molecule has 0 bridgehead atoms. The summed E-state index contributed by atoms with van der Waals surface area (Å²) in [4.78, 5) is 16.2. The van der Waals surface area contributed by atoms with Crippen LogP contribution in [0.25, 0.3) is 11.0 Å². The Morgan fingerprint density at radius 1 is 1.50 bits per heavy atom. The maximum absolute atomic E-state index is 11.6. The fraction of sp³-hybridized carbons (Fsp3) is 0.476. The molecule has 148 valence electrons. The average Bonchev–Trinajstić information content (AvgIpc) is 3.28. The highest BCUT2D eigenvalue weighted by Crippen LogP contribution is 2.40. The summed E-state index contributed by atoms with van der Waals surface area (Å²) < 4.78 is 8.56. The number of nitrogens with zero attached hydrogens (tertiary/aromatic N) is 2. The SMILES string of the molecule is CCN/C=C\C(=N)c1cc(O[C@H](C)[C@H]2CNC(=O)C2)c2c(c1)ncn2C1CC1. The van der Waals surface area contributed by atoms with E-state index in [0.29, 0.717) is 24.7 Å². The number of carbonyl (C=O) groups is 1. The van der Waals surface area contributed by atoms with Crippen molar-refractivity contribution in [3.63, 3.8) is 0 Å². The third-order valence-electron chi connectivity index (χ3n) is 5.44. The summed E-state index contributed by atoms with van der Waals surface area (Å²) in [7, 11) is 0. The van der Waals surface area contributed by atoms with E-state index in [1.165, 1.54) is 0 Å². The van der Waals surface area contributed by atoms with Crippen molar-refractivity contribution in [2.24, 2.45) is 5.92 Å². The van der Waals surface area contributed by atoms with Crippen molar-refractivity contribution >= 4 is 22.7 Å². The van der Waals surface area contributed by atoms with Gasteiger partial charge in [0.2, 0.25) is 5.91 Å². The van der Waals surface area contributed by atoms with Crippen LogP contribution in [0.2, 0.25) is 0 Å². The Kier molecular flexibility index (Phi) is 5.07. The molecule has 3 N–H and O–H groups in total. The van der Waals surface area contributed by atoms with Crippen molar-refractivity contribution in [2.45, 2.75) is 45.3 Å². The van der Waals surface area contributed by atoms with Gasteiger partial charge in [-0.3, -0.25) is 4.79 Å². The standard InChI is InChI=1S/C21H27N5O2/c1-3-23-7-6-17(22)14-8-18-21(26(12-25-18)16-4-5-16)19(9-14)28-13(2)15-10-20(27)24-11-15/h6-9,12-13,15-16,22-23H,3-5,10-11H2,1-2H3,(H,24,27)/b7-6-,22-17?/t13-,15-/m1/s1. The Morgan fingerprint density at radius 2 is 2.32 bits per heavy atom. The molecular weight excluding hydrogens is 354 g/mol. The number of rotatable bonds is 8. The summed E-state index contributed by atoms with van der Waals surface area (Å²) in [6.07, 6.45) is 8.11.